The van der Waals surface area contributed by atoms with Crippen molar-refractivity contribution >= 4 is 11.8 Å². The number of nitrogens with one attached hydrogen (secondary N) is 2. The lowest BCUT2D eigenvalue weighted by Gasteiger charge is -2.10. The molecule has 0 heterocycles. The van der Waals surface area contributed by atoms with Crippen LogP contribution in [-0.4, -0.2) is 38.6 Å². The van der Waals surface area contributed by atoms with E-state index in [1.807, 2.05) is 42.5 Å². The fourth-order valence-corrected chi connectivity index (χ4v) is 2.37. The molecule has 2 rings (SSSR count). The van der Waals surface area contributed by atoms with Crippen LogP contribution >= 0.6 is 0 Å². The van der Waals surface area contributed by atoms with E-state index in [4.69, 9.17) is 9.47 Å². The fraction of sp³-hybridized carbons (Fsp3) is 0.250. The van der Waals surface area contributed by atoms with Crippen LogP contribution in [0.5, 0.6) is 11.5 Å². The van der Waals surface area contributed by atoms with Crippen LogP contribution in [0.3, 0.4) is 0 Å². The molecule has 6 heteroatoms. The molecule has 2 amide bonds. The molecule has 0 aromatic heterocycles. The van der Waals surface area contributed by atoms with Crippen LogP contribution in [0.2, 0.25) is 0 Å². The number of para-hydroxylation sites is 2. The van der Waals surface area contributed by atoms with Gasteiger partial charge in [-0.1, -0.05) is 55.6 Å². The van der Waals surface area contributed by atoms with Crippen molar-refractivity contribution in [3.8, 4) is 11.5 Å². The average molecular weight is 411 g/mol. The summed E-state index contributed by atoms with van der Waals surface area (Å²) in [5, 5.41) is 5.36. The lowest BCUT2D eigenvalue weighted by molar-refractivity contribution is -0.117. The van der Waals surface area contributed by atoms with Crippen LogP contribution in [0.25, 0.3) is 0 Å². The van der Waals surface area contributed by atoms with Crippen molar-refractivity contribution < 1.29 is 19.1 Å². The summed E-state index contributed by atoms with van der Waals surface area (Å²) in [6, 6.07) is 17.6. The van der Waals surface area contributed by atoms with Crippen molar-refractivity contribution in [2.75, 3.05) is 26.8 Å². The Hall–Kier alpha value is -3.54. The van der Waals surface area contributed by atoms with E-state index in [-0.39, 0.29) is 11.8 Å². The monoisotopic (exact) mass is 410 g/mol. The van der Waals surface area contributed by atoms with Crippen LogP contribution in [-0.2, 0) is 16.0 Å². The molecule has 2 aromatic rings. The van der Waals surface area contributed by atoms with Gasteiger partial charge in [0.1, 0.15) is 6.61 Å². The smallest absolute Gasteiger partial charge is 0.243 e. The third-order valence-corrected chi connectivity index (χ3v) is 3.88. The van der Waals surface area contributed by atoms with Gasteiger partial charge in [-0.3, -0.25) is 9.59 Å². The highest BCUT2D eigenvalue weighted by molar-refractivity contribution is 5.87. The average Bonchev–Trinajstić information content (AvgIpc) is 2.80. The summed E-state index contributed by atoms with van der Waals surface area (Å²) in [4.78, 5) is 21.6. The van der Waals surface area contributed by atoms with Crippen molar-refractivity contribution in [3.63, 3.8) is 0 Å². The highest BCUT2D eigenvalue weighted by Crippen LogP contribution is 2.25. The van der Waals surface area contributed by atoms with Crippen molar-refractivity contribution in [3.05, 3.63) is 85.5 Å². The van der Waals surface area contributed by atoms with Gasteiger partial charge in [-0.05, 0) is 42.7 Å². The van der Waals surface area contributed by atoms with Gasteiger partial charge in [0.15, 0.2) is 11.5 Å². The molecule has 30 heavy (non-hydrogen) atoms. The van der Waals surface area contributed by atoms with Crippen molar-refractivity contribution in [1.29, 1.82) is 0 Å². The van der Waals surface area contributed by atoms with Crippen LogP contribution in [0.1, 0.15) is 12.0 Å². The van der Waals surface area contributed by atoms with E-state index in [2.05, 4.69) is 35.9 Å². The quantitative estimate of drug-likeness (QED) is 0.440. The maximum atomic E-state index is 10.8. The van der Waals surface area contributed by atoms with Gasteiger partial charge in [-0.25, -0.2) is 0 Å². The van der Waals surface area contributed by atoms with Crippen molar-refractivity contribution in [1.82, 2.24) is 10.6 Å². The first-order valence-corrected chi connectivity index (χ1v) is 9.71. The molecule has 0 aliphatic heterocycles. The van der Waals surface area contributed by atoms with Gasteiger partial charge in [0.25, 0.3) is 0 Å². The predicted octanol–water partition coefficient (Wildman–Crippen LogP) is 3.30. The summed E-state index contributed by atoms with van der Waals surface area (Å²) in [5.74, 6) is 1.04. The van der Waals surface area contributed by atoms with Gasteiger partial charge in [0, 0.05) is 6.54 Å². The van der Waals surface area contributed by atoms with E-state index in [0.717, 1.165) is 12.8 Å². The number of carbonyl (C=O) groups is 2. The fourth-order valence-electron chi connectivity index (χ4n) is 2.37. The predicted molar refractivity (Wildman–Crippen MR) is 120 cm³/mol. The molecule has 6 nitrogen and oxygen atoms in total. The molecule has 0 spiro atoms. The number of aryl methyl sites for hydroxylation is 1. The number of carbonyl (C=O) groups excluding carboxylic acids is 2. The SMILES string of the molecule is C=CC(=O)NCCCc1ccccc1.C=CC(=O)NCCOc1ccccc1OC. The van der Waals surface area contributed by atoms with Gasteiger partial charge in [-0.2, -0.15) is 0 Å². The Bertz CT molecular complexity index is 791. The first-order chi connectivity index (χ1) is 14.6. The Balaban J connectivity index is 0.000000303. The van der Waals surface area contributed by atoms with Crippen molar-refractivity contribution in [2.45, 2.75) is 12.8 Å². The molecule has 2 N–H and O–H groups in total. The summed E-state index contributed by atoms with van der Waals surface area (Å²) >= 11 is 0. The summed E-state index contributed by atoms with van der Waals surface area (Å²) in [6.07, 6.45) is 4.48. The highest BCUT2D eigenvalue weighted by atomic mass is 16.5. The zero-order chi connectivity index (χ0) is 22.0. The zero-order valence-electron chi connectivity index (χ0n) is 17.4. The summed E-state index contributed by atoms with van der Waals surface area (Å²) in [5.41, 5.74) is 1.31. The number of benzene rings is 2. The lowest BCUT2D eigenvalue weighted by Crippen LogP contribution is -2.26. The number of rotatable bonds is 11. The second kappa shape index (κ2) is 15.4. The summed E-state index contributed by atoms with van der Waals surface area (Å²) < 4.78 is 10.6. The standard InChI is InChI=1S/C12H15NO3.C12H15NO/c1-3-12(14)13-8-9-16-11-7-5-4-6-10(11)15-2;1-2-12(14)13-10-6-9-11-7-4-3-5-8-11/h3-7H,1,8-9H2,2H3,(H,13,14);2-5,7-8H,1,6,9-10H2,(H,13,14). The third kappa shape index (κ3) is 10.7. The molecule has 0 saturated carbocycles. The largest absolute Gasteiger partial charge is 0.493 e. The molecule has 0 atom stereocenters. The molecule has 0 radical (unpaired) electrons. The van der Waals surface area contributed by atoms with E-state index in [0.29, 0.717) is 31.2 Å². The Morgan fingerprint density at radius 3 is 2.03 bits per heavy atom. The Morgan fingerprint density at radius 2 is 1.43 bits per heavy atom. The number of hydrogen-bond acceptors (Lipinski definition) is 4. The molecular weight excluding hydrogens is 380 g/mol. The number of amides is 2. The van der Waals surface area contributed by atoms with Crippen molar-refractivity contribution in [2.24, 2.45) is 0 Å². The molecule has 0 bridgehead atoms. The van der Waals surface area contributed by atoms with Gasteiger partial charge >= 0.3 is 0 Å². The van der Waals surface area contributed by atoms with Crippen LogP contribution in [0.4, 0.5) is 0 Å². The molecule has 2 aromatic carbocycles. The maximum absolute atomic E-state index is 10.8. The van der Waals surface area contributed by atoms with Gasteiger partial charge in [-0.15, -0.1) is 0 Å². The molecule has 160 valence electrons. The lowest BCUT2D eigenvalue weighted by atomic mass is 10.1. The van der Waals surface area contributed by atoms with Gasteiger partial charge < -0.3 is 20.1 Å². The minimum Gasteiger partial charge on any atom is -0.493 e. The number of hydrogen-bond donors (Lipinski definition) is 2. The van der Waals surface area contributed by atoms with Gasteiger partial charge in [0.05, 0.1) is 13.7 Å². The van der Waals surface area contributed by atoms with Crippen LogP contribution < -0.4 is 20.1 Å². The Kier molecular flexibility index (Phi) is 12.6. The van der Waals surface area contributed by atoms with Gasteiger partial charge in [0.2, 0.25) is 11.8 Å². The van der Waals surface area contributed by atoms with Crippen LogP contribution in [0, 0.1) is 0 Å². The summed E-state index contributed by atoms with van der Waals surface area (Å²) in [7, 11) is 1.59. The minimum absolute atomic E-state index is 0.0990. The Labute approximate surface area is 178 Å². The second-order valence-corrected chi connectivity index (χ2v) is 6.08. The number of methoxy groups -OCH3 is 1. The Morgan fingerprint density at radius 1 is 0.867 bits per heavy atom. The second-order valence-electron chi connectivity index (χ2n) is 6.08. The third-order valence-electron chi connectivity index (χ3n) is 3.88. The molecule has 0 unspecified atom stereocenters. The minimum atomic E-state index is -0.205. The van der Waals surface area contributed by atoms with E-state index in [1.54, 1.807) is 7.11 Å². The molecular formula is C24H30N2O4. The topological polar surface area (TPSA) is 76.7 Å². The van der Waals surface area contributed by atoms with Crippen LogP contribution in [0.15, 0.2) is 79.9 Å². The molecule has 0 saturated heterocycles. The van der Waals surface area contributed by atoms with E-state index in [9.17, 15) is 9.59 Å². The first-order valence-electron chi connectivity index (χ1n) is 9.71. The van der Waals surface area contributed by atoms with E-state index >= 15 is 0 Å². The van der Waals surface area contributed by atoms with E-state index < -0.39 is 0 Å². The maximum Gasteiger partial charge on any atom is 0.243 e. The normalized spacial score (nSPS) is 9.37. The number of ether oxygens (including phenoxy) is 2. The molecule has 0 fully saturated rings. The first kappa shape index (κ1) is 24.5. The zero-order valence-corrected chi connectivity index (χ0v) is 17.4. The summed E-state index contributed by atoms with van der Waals surface area (Å²) in [6.45, 7) is 8.27. The van der Waals surface area contributed by atoms with E-state index in [1.165, 1.54) is 17.7 Å². The highest BCUT2D eigenvalue weighted by Gasteiger charge is 2.01. The molecule has 0 aliphatic carbocycles. The molecule has 0 aliphatic rings.